The number of nitriles is 1. The summed E-state index contributed by atoms with van der Waals surface area (Å²) in [6.07, 6.45) is 2.15. The maximum Gasteiger partial charge on any atom is 0.244 e. The van der Waals surface area contributed by atoms with Crippen molar-refractivity contribution in [2.45, 2.75) is 12.8 Å². The molecular weight excluding hydrogens is 551 g/mol. The molecule has 1 N–H and O–H groups in total. The van der Waals surface area contributed by atoms with Crippen LogP contribution >= 0.6 is 34.8 Å². The smallest absolute Gasteiger partial charge is 0.244 e. The highest BCUT2D eigenvalue weighted by molar-refractivity contribution is 6.37. The number of methoxy groups -OCH3 is 2. The summed E-state index contributed by atoms with van der Waals surface area (Å²) in [5.41, 5.74) is 2.25. The summed E-state index contributed by atoms with van der Waals surface area (Å²) >= 11 is 19.2. The zero-order valence-electron chi connectivity index (χ0n) is 20.8. The van der Waals surface area contributed by atoms with E-state index < -0.39 is 5.92 Å². The zero-order chi connectivity index (χ0) is 28.1. The lowest BCUT2D eigenvalue weighted by Gasteiger charge is -2.20. The Morgan fingerprint density at radius 3 is 2.24 bits per heavy atom. The van der Waals surface area contributed by atoms with E-state index in [4.69, 9.17) is 39.5 Å². The monoisotopic (exact) mass is 574 g/mol. The number of anilines is 1. The molecule has 1 atom stereocenters. The van der Waals surface area contributed by atoms with Gasteiger partial charge in [0.1, 0.15) is 12.5 Å². The fourth-order valence-corrected chi connectivity index (χ4v) is 4.13. The van der Waals surface area contributed by atoms with Gasteiger partial charge in [-0.05, 0) is 35.4 Å². The molecule has 3 aromatic carbocycles. The predicted molar refractivity (Wildman–Crippen MR) is 150 cm³/mol. The highest BCUT2D eigenvalue weighted by Gasteiger charge is 2.24. The van der Waals surface area contributed by atoms with Gasteiger partial charge in [-0.1, -0.05) is 71.2 Å². The van der Waals surface area contributed by atoms with Crippen LogP contribution in [-0.2, 0) is 14.3 Å². The molecule has 0 aliphatic heterocycles. The molecule has 2 amide bonds. The second-order valence-electron chi connectivity index (χ2n) is 7.52. The molecule has 8 nitrogen and oxygen atoms in total. The molecule has 0 fully saturated rings. The van der Waals surface area contributed by atoms with Crippen LogP contribution < -0.4 is 15.1 Å². The van der Waals surface area contributed by atoms with Crippen LogP contribution in [0.15, 0.2) is 65.8 Å². The Bertz CT molecular complexity index is 1290. The average molecular weight is 576 g/mol. The lowest BCUT2D eigenvalue weighted by molar-refractivity contribution is -0.116. The van der Waals surface area contributed by atoms with Crippen LogP contribution in [0.2, 0.25) is 15.1 Å². The van der Waals surface area contributed by atoms with Crippen molar-refractivity contribution in [3.05, 3.63) is 92.4 Å². The van der Waals surface area contributed by atoms with Crippen LogP contribution in [0.4, 0.5) is 5.69 Å². The Kier molecular flexibility index (Phi) is 12.6. The normalized spacial score (nSPS) is 11.1. The molecule has 0 aliphatic rings. The van der Waals surface area contributed by atoms with Gasteiger partial charge in [0.25, 0.3) is 0 Å². The van der Waals surface area contributed by atoms with Crippen molar-refractivity contribution in [1.29, 1.82) is 5.26 Å². The SMILES string of the molecule is COCNC=O.COc1cc(C(C#N)c2c(Cl)cc(N(/N=C/c3ccccc3)C(C)=O)cc2Cl)ccc1Cl. The summed E-state index contributed by atoms with van der Waals surface area (Å²) in [6.45, 7) is 1.68. The van der Waals surface area contributed by atoms with Gasteiger partial charge in [-0.3, -0.25) is 9.59 Å². The van der Waals surface area contributed by atoms with Crippen LogP contribution in [0.25, 0.3) is 0 Å². The van der Waals surface area contributed by atoms with Crippen LogP contribution in [0.3, 0.4) is 0 Å². The third-order valence-electron chi connectivity index (χ3n) is 4.97. The number of nitrogens with zero attached hydrogens (tertiary/aromatic N) is 3. The Hall–Kier alpha value is -3.61. The van der Waals surface area contributed by atoms with Crippen LogP contribution in [0, 0.1) is 11.3 Å². The van der Waals surface area contributed by atoms with E-state index >= 15 is 0 Å². The third-order valence-corrected chi connectivity index (χ3v) is 5.90. The average Bonchev–Trinajstić information content (AvgIpc) is 2.91. The number of carbonyl (C=O) groups is 2. The first-order chi connectivity index (χ1) is 18.3. The molecule has 1 unspecified atom stereocenters. The van der Waals surface area contributed by atoms with Crippen molar-refractivity contribution < 1.29 is 19.1 Å². The van der Waals surface area contributed by atoms with E-state index in [1.807, 2.05) is 30.3 Å². The number of hydrazone groups is 1. The number of nitrogens with one attached hydrogen (secondary N) is 1. The molecule has 3 aromatic rings. The molecule has 0 aromatic heterocycles. The summed E-state index contributed by atoms with van der Waals surface area (Å²) in [6, 6.07) is 19.7. The van der Waals surface area contributed by atoms with E-state index in [-0.39, 0.29) is 16.0 Å². The van der Waals surface area contributed by atoms with Gasteiger partial charge in [0, 0.05) is 29.6 Å². The highest BCUT2D eigenvalue weighted by atomic mass is 35.5. The molecule has 3 rings (SSSR count). The van der Waals surface area contributed by atoms with Crippen molar-refractivity contribution in [2.24, 2.45) is 5.10 Å². The highest BCUT2D eigenvalue weighted by Crippen LogP contribution is 2.40. The standard InChI is InChI=1S/C24H18Cl3N3O2.C3H7NO2/c1-15(31)30(29-14-16-6-4-3-5-7-16)18-11-21(26)24(22(27)12-18)19(13-28)17-8-9-20(25)23(10-17)32-2;1-6-3-4-2-5/h3-12,14,19H,1-2H3;2H,3H2,1H3,(H,4,5)/b29-14+;. The Balaban J connectivity index is 0.000000757. The molecule has 198 valence electrons. The van der Waals surface area contributed by atoms with Gasteiger partial charge in [0.05, 0.1) is 36.0 Å². The molecule has 38 heavy (non-hydrogen) atoms. The summed E-state index contributed by atoms with van der Waals surface area (Å²) in [5, 5.41) is 18.5. The minimum Gasteiger partial charge on any atom is -0.495 e. The van der Waals surface area contributed by atoms with Crippen LogP contribution in [0.1, 0.15) is 29.5 Å². The molecule has 0 heterocycles. The first-order valence-electron chi connectivity index (χ1n) is 11.0. The number of hydrogen-bond acceptors (Lipinski definition) is 6. The third kappa shape index (κ3) is 8.47. The quantitative estimate of drug-likeness (QED) is 0.110. The molecule has 0 saturated heterocycles. The fourth-order valence-electron chi connectivity index (χ4n) is 3.24. The van der Waals surface area contributed by atoms with E-state index in [0.29, 0.717) is 40.7 Å². The van der Waals surface area contributed by atoms with Crippen molar-refractivity contribution in [3.63, 3.8) is 0 Å². The lowest BCUT2D eigenvalue weighted by atomic mass is 9.92. The molecule has 0 saturated carbocycles. The van der Waals surface area contributed by atoms with Crippen molar-refractivity contribution in [1.82, 2.24) is 5.32 Å². The number of rotatable bonds is 9. The van der Waals surface area contributed by atoms with Gasteiger partial charge in [0.15, 0.2) is 0 Å². The molecule has 11 heteroatoms. The van der Waals surface area contributed by atoms with E-state index in [1.165, 1.54) is 26.2 Å². The van der Waals surface area contributed by atoms with Crippen LogP contribution in [0.5, 0.6) is 5.75 Å². The van der Waals surface area contributed by atoms with Gasteiger partial charge in [-0.15, -0.1) is 0 Å². The van der Waals surface area contributed by atoms with Gasteiger partial charge < -0.3 is 14.8 Å². The second kappa shape index (κ2) is 15.6. The van der Waals surface area contributed by atoms with E-state index in [0.717, 1.165) is 5.56 Å². The van der Waals surface area contributed by atoms with E-state index in [9.17, 15) is 14.9 Å². The van der Waals surface area contributed by atoms with Crippen molar-refractivity contribution in [3.8, 4) is 11.8 Å². The van der Waals surface area contributed by atoms with Gasteiger partial charge >= 0.3 is 0 Å². The number of hydrogen-bond donors (Lipinski definition) is 1. The number of amides is 2. The number of ether oxygens (including phenoxy) is 2. The summed E-state index contributed by atoms with van der Waals surface area (Å²) in [5.74, 6) is -0.656. The minimum atomic E-state index is -0.770. The largest absolute Gasteiger partial charge is 0.495 e. The lowest BCUT2D eigenvalue weighted by Crippen LogP contribution is -2.22. The first-order valence-corrected chi connectivity index (χ1v) is 12.2. The molecular formula is C27H25Cl3N4O4. The maximum atomic E-state index is 12.2. The summed E-state index contributed by atoms with van der Waals surface area (Å²) < 4.78 is 9.69. The molecule has 0 radical (unpaired) electrons. The maximum absolute atomic E-state index is 12.2. The first kappa shape index (κ1) is 30.6. The summed E-state index contributed by atoms with van der Waals surface area (Å²) in [4.78, 5) is 21.6. The molecule has 0 bridgehead atoms. The van der Waals surface area contributed by atoms with Crippen molar-refractivity contribution >= 4 is 59.0 Å². The van der Waals surface area contributed by atoms with E-state index in [2.05, 4.69) is 21.2 Å². The van der Waals surface area contributed by atoms with Gasteiger partial charge in [-0.2, -0.15) is 10.4 Å². The number of benzene rings is 3. The fraction of sp³-hybridized carbons (Fsp3) is 0.185. The Labute approximate surface area is 236 Å². The van der Waals surface area contributed by atoms with Gasteiger partial charge in [0.2, 0.25) is 12.3 Å². The second-order valence-corrected chi connectivity index (χ2v) is 8.74. The zero-order valence-corrected chi connectivity index (χ0v) is 23.1. The topological polar surface area (TPSA) is 104 Å². The molecule has 0 aliphatic carbocycles. The van der Waals surface area contributed by atoms with Crippen LogP contribution in [-0.4, -0.2) is 39.5 Å². The Morgan fingerprint density at radius 2 is 1.74 bits per heavy atom. The van der Waals surface area contributed by atoms with E-state index in [1.54, 1.807) is 36.5 Å². The number of halogens is 3. The molecule has 0 spiro atoms. The predicted octanol–water partition coefficient (Wildman–Crippen LogP) is 6.03. The van der Waals surface area contributed by atoms with Gasteiger partial charge in [-0.25, -0.2) is 5.01 Å². The Morgan fingerprint density at radius 1 is 1.08 bits per heavy atom. The minimum absolute atomic E-state index is 0.231. The number of carbonyl (C=O) groups excluding carboxylic acids is 2. The van der Waals surface area contributed by atoms with Crippen molar-refractivity contribution in [2.75, 3.05) is 26.0 Å². The summed E-state index contributed by atoms with van der Waals surface area (Å²) in [7, 11) is 3.00.